The van der Waals surface area contributed by atoms with Gasteiger partial charge in [0.2, 0.25) is 0 Å². The number of amides is 2. The van der Waals surface area contributed by atoms with Crippen molar-refractivity contribution >= 4 is 22.5 Å². The van der Waals surface area contributed by atoms with Gasteiger partial charge in [-0.3, -0.25) is 5.32 Å². The van der Waals surface area contributed by atoms with E-state index in [9.17, 15) is 13.2 Å². The highest BCUT2D eigenvalue weighted by Crippen LogP contribution is 2.08. The van der Waals surface area contributed by atoms with Gasteiger partial charge in [-0.05, 0) is 0 Å². The number of urea groups is 1. The van der Waals surface area contributed by atoms with Crippen LogP contribution in [-0.4, -0.2) is 36.3 Å². The number of anilines is 1. The first kappa shape index (κ1) is 11.1. The highest BCUT2D eigenvalue weighted by molar-refractivity contribution is 7.62. The SMILES string of the molecule is COc1nc(NC(=O)N=S(=O)=O)nn1C. The van der Waals surface area contributed by atoms with Crippen LogP contribution < -0.4 is 10.1 Å². The maximum Gasteiger partial charge on any atom is 0.362 e. The van der Waals surface area contributed by atoms with E-state index >= 15 is 0 Å². The molecule has 15 heavy (non-hydrogen) atoms. The second kappa shape index (κ2) is 4.50. The molecule has 2 amide bonds. The molecule has 0 saturated carbocycles. The third kappa shape index (κ3) is 3.02. The lowest BCUT2D eigenvalue weighted by molar-refractivity contribution is 0.259. The van der Waals surface area contributed by atoms with Crippen molar-refractivity contribution in [1.29, 1.82) is 0 Å². The molecule has 0 aliphatic heterocycles. The molecule has 0 spiro atoms. The average Bonchev–Trinajstić information content (AvgIpc) is 2.44. The van der Waals surface area contributed by atoms with E-state index in [-0.39, 0.29) is 12.0 Å². The van der Waals surface area contributed by atoms with Crippen LogP contribution in [0.1, 0.15) is 0 Å². The zero-order chi connectivity index (χ0) is 11.4. The summed E-state index contributed by atoms with van der Waals surface area (Å²) in [4.78, 5) is 14.5. The Morgan fingerprint density at radius 1 is 1.60 bits per heavy atom. The molecule has 1 aromatic heterocycles. The molecule has 1 rings (SSSR count). The lowest BCUT2D eigenvalue weighted by Gasteiger charge is -1.92. The van der Waals surface area contributed by atoms with Gasteiger partial charge < -0.3 is 4.74 Å². The number of methoxy groups -OCH3 is 1. The minimum Gasteiger partial charge on any atom is -0.467 e. The van der Waals surface area contributed by atoms with Gasteiger partial charge >= 0.3 is 22.5 Å². The van der Waals surface area contributed by atoms with Crippen LogP contribution >= 0.6 is 0 Å². The Morgan fingerprint density at radius 3 is 2.73 bits per heavy atom. The number of hydrogen-bond donors (Lipinski definition) is 1. The molecule has 1 aromatic rings. The molecule has 0 saturated heterocycles. The number of rotatable bonds is 2. The summed E-state index contributed by atoms with van der Waals surface area (Å²) in [6.45, 7) is 0. The van der Waals surface area contributed by atoms with E-state index in [1.807, 2.05) is 5.32 Å². The molecule has 0 atom stereocenters. The molecule has 1 heterocycles. The second-order valence-electron chi connectivity index (χ2n) is 2.28. The Kier molecular flexibility index (Phi) is 3.33. The normalized spacial score (nSPS) is 9.47. The van der Waals surface area contributed by atoms with Gasteiger partial charge in [-0.25, -0.2) is 9.48 Å². The Balaban J connectivity index is 2.82. The van der Waals surface area contributed by atoms with E-state index in [1.165, 1.54) is 11.8 Å². The first-order chi connectivity index (χ1) is 7.02. The van der Waals surface area contributed by atoms with E-state index in [0.29, 0.717) is 0 Å². The van der Waals surface area contributed by atoms with Crippen molar-refractivity contribution in [2.75, 3.05) is 12.4 Å². The van der Waals surface area contributed by atoms with Crippen LogP contribution in [0.25, 0.3) is 0 Å². The number of carbonyl (C=O) groups is 1. The number of nitrogens with one attached hydrogen (secondary N) is 1. The summed E-state index contributed by atoms with van der Waals surface area (Å²) in [6.07, 6.45) is 0. The fraction of sp³-hybridized carbons (Fsp3) is 0.400. The predicted octanol–water partition coefficient (Wildman–Crippen LogP) is -0.582. The summed E-state index contributed by atoms with van der Waals surface area (Å²) in [5.41, 5.74) is 0. The molecule has 0 unspecified atom stereocenters. The standard InChI is InChI=1S/C5H7N5O4S/c1-10-5(14-2)7-3(8-10)6-4(11)9-15(12)13/h1-2H3,(H,6,8,11). The van der Waals surface area contributed by atoms with Gasteiger partial charge in [-0.1, -0.05) is 4.36 Å². The Labute approximate surface area is 85.8 Å². The molecule has 0 radical (unpaired) electrons. The average molecular weight is 233 g/mol. The molecule has 10 heteroatoms. The third-order valence-corrected chi connectivity index (χ3v) is 1.60. The van der Waals surface area contributed by atoms with Crippen LogP contribution in [0.5, 0.6) is 6.01 Å². The Bertz CT molecular complexity index is 495. The summed E-state index contributed by atoms with van der Waals surface area (Å²) in [5, 5.41) is 5.76. The van der Waals surface area contributed by atoms with Crippen LogP contribution in [0.15, 0.2) is 4.36 Å². The lowest BCUT2D eigenvalue weighted by Crippen LogP contribution is -2.07. The highest BCUT2D eigenvalue weighted by atomic mass is 32.2. The first-order valence-electron chi connectivity index (χ1n) is 3.60. The van der Waals surface area contributed by atoms with Crippen molar-refractivity contribution in [2.45, 2.75) is 0 Å². The first-order valence-corrected chi connectivity index (χ1v) is 4.63. The number of aromatic nitrogens is 3. The van der Waals surface area contributed by atoms with Crippen molar-refractivity contribution < 1.29 is 17.9 Å². The summed E-state index contributed by atoms with van der Waals surface area (Å²) in [6, 6.07) is -0.898. The van der Waals surface area contributed by atoms with E-state index < -0.39 is 16.5 Å². The van der Waals surface area contributed by atoms with Gasteiger partial charge in [0.1, 0.15) is 0 Å². The summed E-state index contributed by atoms with van der Waals surface area (Å²) >= 11 is 0. The number of carbonyl (C=O) groups excluding carboxylic acids is 1. The zero-order valence-corrected chi connectivity index (χ0v) is 8.65. The molecular formula is C5H7N5O4S. The summed E-state index contributed by atoms with van der Waals surface area (Å²) in [7, 11) is 0.127. The molecule has 0 aliphatic carbocycles. The minimum absolute atomic E-state index is 0.0893. The maximum atomic E-state index is 10.8. The summed E-state index contributed by atoms with van der Waals surface area (Å²) < 4.78 is 28.8. The van der Waals surface area contributed by atoms with Crippen molar-refractivity contribution in [3.63, 3.8) is 0 Å². The van der Waals surface area contributed by atoms with E-state index in [0.717, 1.165) is 0 Å². The third-order valence-electron chi connectivity index (χ3n) is 1.28. The maximum absolute atomic E-state index is 10.8. The largest absolute Gasteiger partial charge is 0.467 e. The Morgan fingerprint density at radius 2 is 2.27 bits per heavy atom. The van der Waals surface area contributed by atoms with E-state index in [4.69, 9.17) is 4.74 Å². The second-order valence-corrected chi connectivity index (χ2v) is 2.90. The highest BCUT2D eigenvalue weighted by Gasteiger charge is 2.09. The van der Waals surface area contributed by atoms with Crippen molar-refractivity contribution in [1.82, 2.24) is 14.8 Å². The quantitative estimate of drug-likeness (QED) is 0.730. The lowest BCUT2D eigenvalue weighted by atomic mass is 10.9. The fourth-order valence-corrected chi connectivity index (χ4v) is 0.968. The van der Waals surface area contributed by atoms with Gasteiger partial charge in [0, 0.05) is 7.05 Å². The molecule has 0 aromatic carbocycles. The van der Waals surface area contributed by atoms with Crippen LogP contribution in [0.4, 0.5) is 10.7 Å². The van der Waals surface area contributed by atoms with E-state index in [2.05, 4.69) is 14.4 Å². The van der Waals surface area contributed by atoms with Gasteiger partial charge in [-0.2, -0.15) is 13.4 Å². The van der Waals surface area contributed by atoms with Gasteiger partial charge in [-0.15, -0.1) is 5.10 Å². The van der Waals surface area contributed by atoms with Gasteiger partial charge in [0.15, 0.2) is 0 Å². The predicted molar refractivity (Wildman–Crippen MR) is 47.9 cm³/mol. The molecule has 1 N–H and O–H groups in total. The zero-order valence-electron chi connectivity index (χ0n) is 7.83. The Hall–Kier alpha value is -1.97. The van der Waals surface area contributed by atoms with Crippen molar-refractivity contribution in [3.8, 4) is 6.01 Å². The molecule has 9 nitrogen and oxygen atoms in total. The minimum atomic E-state index is -2.80. The van der Waals surface area contributed by atoms with Gasteiger partial charge in [0.25, 0.3) is 5.95 Å². The van der Waals surface area contributed by atoms with Gasteiger partial charge in [0.05, 0.1) is 7.11 Å². The number of hydrogen-bond acceptors (Lipinski definition) is 6. The monoisotopic (exact) mass is 233 g/mol. The summed E-state index contributed by atoms with van der Waals surface area (Å²) in [5.74, 6) is -0.0893. The van der Waals surface area contributed by atoms with Crippen LogP contribution in [0.3, 0.4) is 0 Å². The molecule has 0 fully saturated rings. The number of nitrogens with zero attached hydrogens (tertiary/aromatic N) is 4. The topological polar surface area (TPSA) is 116 Å². The van der Waals surface area contributed by atoms with E-state index in [1.54, 1.807) is 7.05 Å². The van der Waals surface area contributed by atoms with Crippen LogP contribution in [-0.2, 0) is 17.5 Å². The molecule has 0 bridgehead atoms. The molecule has 82 valence electrons. The fourth-order valence-electron chi connectivity index (χ4n) is 0.787. The smallest absolute Gasteiger partial charge is 0.362 e. The van der Waals surface area contributed by atoms with Crippen LogP contribution in [0.2, 0.25) is 0 Å². The molecule has 0 aliphatic rings. The number of ether oxygens (including phenoxy) is 1. The number of aryl methyl sites for hydroxylation is 1. The van der Waals surface area contributed by atoms with Crippen molar-refractivity contribution in [3.05, 3.63) is 0 Å². The van der Waals surface area contributed by atoms with Crippen LogP contribution in [0, 0.1) is 0 Å². The molecular weight excluding hydrogens is 226 g/mol. The van der Waals surface area contributed by atoms with Crippen molar-refractivity contribution in [2.24, 2.45) is 11.4 Å².